The molecule has 2 N–H and O–H groups in total. The molecule has 0 aliphatic heterocycles. The van der Waals surface area contributed by atoms with Gasteiger partial charge in [-0.05, 0) is 79.3 Å². The Kier molecular flexibility index (Phi) is 7.07. The van der Waals surface area contributed by atoms with Gasteiger partial charge in [-0.25, -0.2) is 4.39 Å². The van der Waals surface area contributed by atoms with Gasteiger partial charge in [-0.15, -0.1) is 0 Å². The molecule has 0 saturated carbocycles. The van der Waals surface area contributed by atoms with Crippen molar-refractivity contribution in [3.05, 3.63) is 83.8 Å². The quantitative estimate of drug-likeness (QED) is 0.339. The minimum atomic E-state index is -0.434. The van der Waals surface area contributed by atoms with E-state index in [-0.39, 0.29) is 5.11 Å². The number of hydrogen-bond donors (Lipinski definition) is 2. The van der Waals surface area contributed by atoms with Crippen molar-refractivity contribution in [3.63, 3.8) is 0 Å². The van der Waals surface area contributed by atoms with Crippen LogP contribution in [0.1, 0.15) is 15.9 Å². The van der Waals surface area contributed by atoms with E-state index in [0.29, 0.717) is 39.8 Å². The first kappa shape index (κ1) is 23.9. The average molecular weight is 492 g/mol. The molecular weight excluding hydrogens is 469 g/mol. The molecule has 9 heteroatoms. The number of nitrogens with one attached hydrogen (secondary N) is 2. The number of carbonyl (C=O) groups excluding carboxylic acids is 1. The standard InChI is InChI=1S/C26H22FN3O4S/c1-15-12-18(34-22-10-11-28-21-14-24(33-3)23(32-2)13-19(21)22)8-9-20(15)29-26(35)30-25(31)16-4-6-17(27)7-5-16/h4-14H,1-3H3,(H2,29,30,31,35). The number of thiocarbonyl (C=S) groups is 1. The number of fused-ring (bicyclic) bond motifs is 1. The van der Waals surface area contributed by atoms with Gasteiger partial charge in [0, 0.05) is 28.9 Å². The van der Waals surface area contributed by atoms with Gasteiger partial charge in [0.15, 0.2) is 16.6 Å². The van der Waals surface area contributed by atoms with Crippen molar-refractivity contribution >= 4 is 39.8 Å². The van der Waals surface area contributed by atoms with Gasteiger partial charge < -0.3 is 19.5 Å². The fraction of sp³-hybridized carbons (Fsp3) is 0.115. The Hall–Kier alpha value is -4.24. The van der Waals surface area contributed by atoms with E-state index in [9.17, 15) is 9.18 Å². The molecule has 0 radical (unpaired) electrons. The fourth-order valence-corrected chi connectivity index (χ4v) is 3.64. The number of pyridine rings is 1. The van der Waals surface area contributed by atoms with Gasteiger partial charge in [0.25, 0.3) is 5.91 Å². The van der Waals surface area contributed by atoms with E-state index < -0.39 is 11.7 Å². The van der Waals surface area contributed by atoms with Crippen LogP contribution in [0.2, 0.25) is 0 Å². The molecule has 1 amide bonds. The third kappa shape index (κ3) is 5.47. The Morgan fingerprint density at radius 1 is 0.943 bits per heavy atom. The summed E-state index contributed by atoms with van der Waals surface area (Å²) < 4.78 is 30.0. The monoisotopic (exact) mass is 491 g/mol. The van der Waals surface area contributed by atoms with Crippen LogP contribution in [0.25, 0.3) is 10.9 Å². The van der Waals surface area contributed by atoms with Crippen LogP contribution < -0.4 is 24.8 Å². The number of halogens is 1. The van der Waals surface area contributed by atoms with Gasteiger partial charge in [-0.1, -0.05) is 0 Å². The lowest BCUT2D eigenvalue weighted by Gasteiger charge is -2.15. The number of nitrogens with zero attached hydrogens (tertiary/aromatic N) is 1. The van der Waals surface area contributed by atoms with Gasteiger partial charge in [-0.3, -0.25) is 15.1 Å². The Balaban J connectivity index is 1.48. The Bertz CT molecular complexity index is 1410. The summed E-state index contributed by atoms with van der Waals surface area (Å²) >= 11 is 5.26. The highest BCUT2D eigenvalue weighted by molar-refractivity contribution is 7.80. The molecule has 35 heavy (non-hydrogen) atoms. The predicted octanol–water partition coefficient (Wildman–Crippen LogP) is 5.62. The number of benzene rings is 3. The fourth-order valence-electron chi connectivity index (χ4n) is 3.43. The van der Waals surface area contributed by atoms with Crippen LogP contribution in [0.5, 0.6) is 23.0 Å². The molecule has 0 unspecified atom stereocenters. The lowest BCUT2D eigenvalue weighted by Crippen LogP contribution is -2.34. The number of hydrogen-bond acceptors (Lipinski definition) is 6. The maximum Gasteiger partial charge on any atom is 0.257 e. The van der Waals surface area contributed by atoms with E-state index >= 15 is 0 Å². The maximum absolute atomic E-state index is 13.1. The molecule has 1 heterocycles. The summed E-state index contributed by atoms with van der Waals surface area (Å²) in [4.78, 5) is 16.7. The number of ether oxygens (including phenoxy) is 3. The van der Waals surface area contributed by atoms with Crippen LogP contribution in [-0.4, -0.2) is 30.2 Å². The Labute approximate surface area is 206 Å². The summed E-state index contributed by atoms with van der Waals surface area (Å²) in [7, 11) is 3.14. The largest absolute Gasteiger partial charge is 0.493 e. The zero-order valence-electron chi connectivity index (χ0n) is 19.2. The van der Waals surface area contributed by atoms with Crippen molar-refractivity contribution in [3.8, 4) is 23.0 Å². The lowest BCUT2D eigenvalue weighted by atomic mass is 10.1. The van der Waals surface area contributed by atoms with Crippen molar-refractivity contribution in [2.75, 3.05) is 19.5 Å². The molecule has 4 aromatic rings. The summed E-state index contributed by atoms with van der Waals surface area (Å²) in [6.07, 6.45) is 1.66. The van der Waals surface area contributed by atoms with Crippen LogP contribution in [-0.2, 0) is 0 Å². The number of aryl methyl sites for hydroxylation is 1. The summed E-state index contributed by atoms with van der Waals surface area (Å²) in [5, 5.41) is 6.48. The van der Waals surface area contributed by atoms with E-state index in [1.54, 1.807) is 44.7 Å². The SMILES string of the molecule is COc1cc2nccc(Oc3ccc(NC(=S)NC(=O)c4ccc(F)cc4)c(C)c3)c2cc1OC. The molecule has 4 rings (SSSR count). The zero-order chi connectivity index (χ0) is 24.9. The lowest BCUT2D eigenvalue weighted by molar-refractivity contribution is 0.0977. The first-order chi connectivity index (χ1) is 16.9. The van der Waals surface area contributed by atoms with E-state index in [4.69, 9.17) is 26.4 Å². The second-order valence-electron chi connectivity index (χ2n) is 7.53. The molecule has 3 aromatic carbocycles. The van der Waals surface area contributed by atoms with Gasteiger partial charge in [-0.2, -0.15) is 0 Å². The van der Waals surface area contributed by atoms with Gasteiger partial charge >= 0.3 is 0 Å². The molecule has 178 valence electrons. The smallest absolute Gasteiger partial charge is 0.257 e. The topological polar surface area (TPSA) is 81.7 Å². The van der Waals surface area contributed by atoms with Gasteiger partial charge in [0.2, 0.25) is 0 Å². The first-order valence-electron chi connectivity index (χ1n) is 10.5. The molecule has 0 bridgehead atoms. The van der Waals surface area contributed by atoms with Crippen LogP contribution in [0.15, 0.2) is 66.9 Å². The highest BCUT2D eigenvalue weighted by Gasteiger charge is 2.13. The number of amides is 1. The number of anilines is 1. The zero-order valence-corrected chi connectivity index (χ0v) is 20.0. The van der Waals surface area contributed by atoms with Gasteiger partial charge in [0.05, 0.1) is 19.7 Å². The summed E-state index contributed by atoms with van der Waals surface area (Å²) in [5.41, 5.74) is 2.55. The Morgan fingerprint density at radius 2 is 1.66 bits per heavy atom. The predicted molar refractivity (Wildman–Crippen MR) is 136 cm³/mol. The summed E-state index contributed by atoms with van der Waals surface area (Å²) in [6.45, 7) is 1.89. The number of rotatable bonds is 6. The van der Waals surface area contributed by atoms with E-state index in [0.717, 1.165) is 10.9 Å². The third-order valence-electron chi connectivity index (χ3n) is 5.21. The normalized spacial score (nSPS) is 10.5. The second-order valence-corrected chi connectivity index (χ2v) is 7.94. The molecule has 0 aliphatic carbocycles. The molecule has 0 atom stereocenters. The first-order valence-corrected chi connectivity index (χ1v) is 11.0. The summed E-state index contributed by atoms with van der Waals surface area (Å²) in [5.74, 6) is 1.52. The van der Waals surface area contributed by atoms with Gasteiger partial charge in [0.1, 0.15) is 17.3 Å². The van der Waals surface area contributed by atoms with E-state index in [1.165, 1.54) is 24.3 Å². The van der Waals surface area contributed by atoms with Crippen LogP contribution >= 0.6 is 12.2 Å². The molecule has 0 spiro atoms. The van der Waals surface area contributed by atoms with Crippen molar-refractivity contribution in [1.29, 1.82) is 0 Å². The second kappa shape index (κ2) is 10.4. The van der Waals surface area contributed by atoms with E-state index in [1.807, 2.05) is 19.1 Å². The molecule has 0 fully saturated rings. The molecule has 0 aliphatic rings. The van der Waals surface area contributed by atoms with Crippen molar-refractivity contribution in [1.82, 2.24) is 10.3 Å². The molecule has 1 aromatic heterocycles. The highest BCUT2D eigenvalue weighted by atomic mass is 32.1. The molecule has 0 saturated heterocycles. The highest BCUT2D eigenvalue weighted by Crippen LogP contribution is 2.37. The number of aromatic nitrogens is 1. The van der Waals surface area contributed by atoms with Crippen LogP contribution in [0.4, 0.5) is 10.1 Å². The number of methoxy groups -OCH3 is 2. The van der Waals surface area contributed by atoms with Crippen LogP contribution in [0, 0.1) is 12.7 Å². The average Bonchev–Trinajstić information content (AvgIpc) is 2.85. The molecule has 7 nitrogen and oxygen atoms in total. The van der Waals surface area contributed by atoms with Crippen molar-refractivity contribution in [2.24, 2.45) is 0 Å². The number of carbonyl (C=O) groups is 1. The Morgan fingerprint density at radius 3 is 2.34 bits per heavy atom. The molecular formula is C26H22FN3O4S. The maximum atomic E-state index is 13.1. The third-order valence-corrected chi connectivity index (χ3v) is 5.42. The minimum absolute atomic E-state index is 0.122. The van der Waals surface area contributed by atoms with Crippen molar-refractivity contribution in [2.45, 2.75) is 6.92 Å². The van der Waals surface area contributed by atoms with Crippen molar-refractivity contribution < 1.29 is 23.4 Å². The van der Waals surface area contributed by atoms with E-state index in [2.05, 4.69) is 15.6 Å². The summed E-state index contributed by atoms with van der Waals surface area (Å²) in [6, 6.07) is 16.0. The van der Waals surface area contributed by atoms with Crippen LogP contribution in [0.3, 0.4) is 0 Å². The minimum Gasteiger partial charge on any atom is -0.493 e.